The zero-order chi connectivity index (χ0) is 10.8. The molecule has 0 atom stereocenters. The summed E-state index contributed by atoms with van der Waals surface area (Å²) < 4.78 is 24.6. The van der Waals surface area contributed by atoms with Crippen LogP contribution < -0.4 is 34.3 Å². The van der Waals surface area contributed by atoms with Crippen molar-refractivity contribution in [3.63, 3.8) is 0 Å². The average Bonchev–Trinajstić information content (AvgIpc) is 2.18. The standard InChI is InChI=1S/C7H8N2O4S.Na/c1-8-14(12,13)7-5-3-2-4-6(7)9(10)11;/h2-5,8H,1H3;/q;+1. The summed E-state index contributed by atoms with van der Waals surface area (Å²) in [6.07, 6.45) is 0. The number of sulfonamides is 1. The Labute approximate surface area is 109 Å². The Kier molecular flexibility index (Phi) is 5.39. The monoisotopic (exact) mass is 239 g/mol. The third-order valence-electron chi connectivity index (χ3n) is 1.62. The van der Waals surface area contributed by atoms with E-state index in [9.17, 15) is 18.5 Å². The maximum Gasteiger partial charge on any atom is 1.00 e. The summed E-state index contributed by atoms with van der Waals surface area (Å²) in [5.74, 6) is 0. The van der Waals surface area contributed by atoms with Crippen molar-refractivity contribution < 1.29 is 42.9 Å². The number of nitrogens with one attached hydrogen (secondary N) is 1. The Morgan fingerprint density at radius 1 is 1.33 bits per heavy atom. The molecular formula is C7H8N2NaO4S+. The van der Waals surface area contributed by atoms with Gasteiger partial charge in [0.2, 0.25) is 10.0 Å². The minimum absolute atomic E-state index is 0. The summed E-state index contributed by atoms with van der Waals surface area (Å²) in [5.41, 5.74) is -0.429. The summed E-state index contributed by atoms with van der Waals surface area (Å²) in [6, 6.07) is 5.16. The SMILES string of the molecule is CNS(=O)(=O)c1ccccc1[N+](=O)[O-].[Na+]. The third kappa shape index (κ3) is 3.25. The zero-order valence-corrected chi connectivity index (χ0v) is 11.1. The first-order chi connectivity index (χ1) is 6.49. The van der Waals surface area contributed by atoms with Crippen LogP contribution in [0.25, 0.3) is 0 Å². The summed E-state index contributed by atoms with van der Waals surface area (Å²) >= 11 is 0. The van der Waals surface area contributed by atoms with Crippen molar-refractivity contribution in [1.29, 1.82) is 0 Å². The molecule has 1 aromatic carbocycles. The molecule has 0 unspecified atom stereocenters. The Morgan fingerprint density at radius 2 is 1.87 bits per heavy atom. The van der Waals surface area contributed by atoms with Crippen molar-refractivity contribution >= 4 is 15.7 Å². The molecule has 0 saturated heterocycles. The summed E-state index contributed by atoms with van der Waals surface area (Å²) in [7, 11) is -2.57. The first-order valence-corrected chi connectivity index (χ1v) is 5.14. The molecule has 1 rings (SSSR count). The summed E-state index contributed by atoms with van der Waals surface area (Å²) in [6.45, 7) is 0. The van der Waals surface area contributed by atoms with Crippen LogP contribution in [-0.4, -0.2) is 20.4 Å². The molecule has 0 heterocycles. The van der Waals surface area contributed by atoms with Gasteiger partial charge < -0.3 is 0 Å². The van der Waals surface area contributed by atoms with Crippen LogP contribution in [0.2, 0.25) is 0 Å². The van der Waals surface area contributed by atoms with Crippen LogP contribution in [0.15, 0.2) is 29.2 Å². The number of nitro groups is 1. The van der Waals surface area contributed by atoms with Crippen molar-refractivity contribution in [2.24, 2.45) is 0 Å². The molecular weight excluding hydrogens is 231 g/mol. The van der Waals surface area contributed by atoms with Crippen molar-refractivity contribution in [2.45, 2.75) is 4.90 Å². The Bertz CT molecular complexity index is 460. The molecule has 6 nitrogen and oxygen atoms in total. The normalized spacial score (nSPS) is 10.5. The van der Waals surface area contributed by atoms with Gasteiger partial charge in [-0.3, -0.25) is 10.1 Å². The van der Waals surface area contributed by atoms with Crippen molar-refractivity contribution in [2.75, 3.05) is 7.05 Å². The molecule has 0 fully saturated rings. The van der Waals surface area contributed by atoms with Crippen LogP contribution in [-0.2, 0) is 10.0 Å². The molecule has 0 aliphatic carbocycles. The largest absolute Gasteiger partial charge is 1.00 e. The molecule has 8 heteroatoms. The van der Waals surface area contributed by atoms with Crippen LogP contribution in [0.4, 0.5) is 5.69 Å². The van der Waals surface area contributed by atoms with E-state index in [1.54, 1.807) is 0 Å². The van der Waals surface area contributed by atoms with E-state index in [0.717, 1.165) is 6.07 Å². The van der Waals surface area contributed by atoms with Gasteiger partial charge in [-0.2, -0.15) is 0 Å². The molecule has 0 radical (unpaired) electrons. The Balaban J connectivity index is 0.00000196. The van der Waals surface area contributed by atoms with E-state index in [-0.39, 0.29) is 34.5 Å². The molecule has 0 amide bonds. The number of nitro benzene ring substituents is 1. The van der Waals surface area contributed by atoms with Gasteiger partial charge in [-0.25, -0.2) is 13.1 Å². The zero-order valence-electron chi connectivity index (χ0n) is 8.30. The molecule has 15 heavy (non-hydrogen) atoms. The molecule has 0 aliphatic rings. The number of hydrogen-bond acceptors (Lipinski definition) is 4. The fraction of sp³-hybridized carbons (Fsp3) is 0.143. The molecule has 0 aliphatic heterocycles. The molecule has 76 valence electrons. The van der Waals surface area contributed by atoms with Crippen LogP contribution in [0.1, 0.15) is 0 Å². The first-order valence-electron chi connectivity index (χ1n) is 3.66. The first kappa shape index (κ1) is 14.5. The average molecular weight is 239 g/mol. The van der Waals surface area contributed by atoms with E-state index in [1.165, 1.54) is 25.2 Å². The van der Waals surface area contributed by atoms with E-state index in [2.05, 4.69) is 0 Å². The van der Waals surface area contributed by atoms with Gasteiger partial charge in [0.15, 0.2) is 4.90 Å². The van der Waals surface area contributed by atoms with E-state index in [0.29, 0.717) is 0 Å². The van der Waals surface area contributed by atoms with Crippen molar-refractivity contribution in [1.82, 2.24) is 4.72 Å². The number of hydrogen-bond donors (Lipinski definition) is 1. The van der Waals surface area contributed by atoms with Crippen LogP contribution in [0.3, 0.4) is 0 Å². The molecule has 0 spiro atoms. The van der Waals surface area contributed by atoms with Crippen LogP contribution in [0, 0.1) is 10.1 Å². The van der Waals surface area contributed by atoms with Gasteiger partial charge in [0.05, 0.1) is 4.92 Å². The number of para-hydroxylation sites is 1. The van der Waals surface area contributed by atoms with Gasteiger partial charge in [0, 0.05) is 6.07 Å². The summed E-state index contributed by atoms with van der Waals surface area (Å²) in [4.78, 5) is 9.44. The quantitative estimate of drug-likeness (QED) is 0.359. The maximum atomic E-state index is 11.3. The number of rotatable bonds is 3. The van der Waals surface area contributed by atoms with Crippen LogP contribution in [0.5, 0.6) is 0 Å². The van der Waals surface area contributed by atoms with E-state index >= 15 is 0 Å². The topological polar surface area (TPSA) is 89.3 Å². The van der Waals surface area contributed by atoms with Gasteiger partial charge in [-0.05, 0) is 13.1 Å². The van der Waals surface area contributed by atoms with E-state index < -0.39 is 20.6 Å². The second kappa shape index (κ2) is 5.57. The van der Waals surface area contributed by atoms with E-state index in [1.807, 2.05) is 4.72 Å². The molecule has 0 bridgehead atoms. The van der Waals surface area contributed by atoms with Gasteiger partial charge in [0.25, 0.3) is 5.69 Å². The Hall–Kier alpha value is -0.470. The Morgan fingerprint density at radius 3 is 2.33 bits per heavy atom. The van der Waals surface area contributed by atoms with Gasteiger partial charge >= 0.3 is 29.6 Å². The molecule has 1 N–H and O–H groups in total. The predicted octanol–water partition coefficient (Wildman–Crippen LogP) is -2.49. The smallest absolute Gasteiger partial charge is 0.258 e. The summed E-state index contributed by atoms with van der Waals surface area (Å²) in [5, 5.41) is 10.5. The third-order valence-corrected chi connectivity index (χ3v) is 3.08. The van der Waals surface area contributed by atoms with Crippen LogP contribution >= 0.6 is 0 Å². The second-order valence-electron chi connectivity index (χ2n) is 2.43. The maximum absolute atomic E-state index is 11.3. The number of nitrogens with zero attached hydrogens (tertiary/aromatic N) is 1. The number of benzene rings is 1. The fourth-order valence-electron chi connectivity index (χ4n) is 0.945. The second-order valence-corrected chi connectivity index (χ2v) is 4.29. The minimum atomic E-state index is -3.77. The molecule has 0 saturated carbocycles. The predicted molar refractivity (Wildman–Crippen MR) is 49.3 cm³/mol. The van der Waals surface area contributed by atoms with Gasteiger partial charge in [-0.15, -0.1) is 0 Å². The van der Waals surface area contributed by atoms with Gasteiger partial charge in [0.1, 0.15) is 0 Å². The minimum Gasteiger partial charge on any atom is -0.258 e. The van der Waals surface area contributed by atoms with Gasteiger partial charge in [-0.1, -0.05) is 12.1 Å². The van der Waals surface area contributed by atoms with Crippen molar-refractivity contribution in [3.8, 4) is 0 Å². The molecule has 0 aromatic heterocycles. The fourth-order valence-corrected chi connectivity index (χ4v) is 1.84. The molecule has 1 aromatic rings. The van der Waals surface area contributed by atoms with E-state index in [4.69, 9.17) is 0 Å². The van der Waals surface area contributed by atoms with Crippen molar-refractivity contribution in [3.05, 3.63) is 34.4 Å².